The van der Waals surface area contributed by atoms with Crippen molar-refractivity contribution in [1.29, 1.82) is 0 Å². The van der Waals surface area contributed by atoms with Crippen molar-refractivity contribution in [3.8, 4) is 28.4 Å². The average molecular weight is 561 g/mol. The highest BCUT2D eigenvalue weighted by Gasteiger charge is 2.29. The van der Waals surface area contributed by atoms with Crippen molar-refractivity contribution < 1.29 is 24.2 Å². The number of aliphatic carboxylic acids is 1. The van der Waals surface area contributed by atoms with Crippen molar-refractivity contribution in [1.82, 2.24) is 0 Å². The summed E-state index contributed by atoms with van der Waals surface area (Å²) in [7, 11) is 0. The number of hydrogen-bond donors (Lipinski definition) is 1. The zero-order valence-corrected chi connectivity index (χ0v) is 22.5. The fourth-order valence-corrected chi connectivity index (χ4v) is 5.13. The summed E-state index contributed by atoms with van der Waals surface area (Å²) in [4.78, 5) is 24.4. The van der Waals surface area contributed by atoms with Crippen LogP contribution >= 0.6 is 23.2 Å². The smallest absolute Gasteiger partial charge is 0.311 e. The second-order valence-electron chi connectivity index (χ2n) is 9.42. The van der Waals surface area contributed by atoms with E-state index in [1.54, 1.807) is 36.4 Å². The number of Topliss-reactive ketones (excluding diaryl/α,β-unsaturated/α-hetero) is 1. The minimum absolute atomic E-state index is 0.0606. The third kappa shape index (κ3) is 6.27. The summed E-state index contributed by atoms with van der Waals surface area (Å²) in [5, 5.41) is 10.5. The number of carboxylic acid groups (broad SMARTS) is 1. The monoisotopic (exact) mass is 560 g/mol. The van der Waals surface area contributed by atoms with E-state index in [1.807, 2.05) is 36.4 Å². The second kappa shape index (κ2) is 11.9. The molecule has 1 unspecified atom stereocenters. The summed E-state index contributed by atoms with van der Waals surface area (Å²) in [5.74, 6) is -0.175. The van der Waals surface area contributed by atoms with Gasteiger partial charge in [-0.3, -0.25) is 9.59 Å². The van der Waals surface area contributed by atoms with Crippen molar-refractivity contribution in [2.24, 2.45) is 0 Å². The van der Waals surface area contributed by atoms with Gasteiger partial charge in [0.25, 0.3) is 0 Å². The summed E-state index contributed by atoms with van der Waals surface area (Å²) in [6.45, 7) is 0.314. The first-order valence-corrected chi connectivity index (χ1v) is 13.5. The highest BCUT2D eigenvalue weighted by Crippen LogP contribution is 2.42. The van der Waals surface area contributed by atoms with Crippen LogP contribution in [0.5, 0.6) is 17.2 Å². The zero-order chi connectivity index (χ0) is 27.4. The van der Waals surface area contributed by atoms with Crippen molar-refractivity contribution in [2.75, 3.05) is 6.61 Å². The van der Waals surface area contributed by atoms with E-state index in [1.165, 1.54) is 5.56 Å². The first kappa shape index (κ1) is 26.8. The predicted octanol–water partition coefficient (Wildman–Crippen LogP) is 8.61. The van der Waals surface area contributed by atoms with Gasteiger partial charge in [-0.2, -0.15) is 0 Å². The fraction of sp³-hybridized carbons (Fsp3) is 0.188. The summed E-state index contributed by atoms with van der Waals surface area (Å²) < 4.78 is 11.6. The van der Waals surface area contributed by atoms with Gasteiger partial charge in [0.1, 0.15) is 17.2 Å². The van der Waals surface area contributed by atoms with Crippen molar-refractivity contribution in [3.63, 3.8) is 0 Å². The number of rotatable bonds is 9. The van der Waals surface area contributed by atoms with Gasteiger partial charge in [0.2, 0.25) is 0 Å². The van der Waals surface area contributed by atoms with E-state index < -0.39 is 11.9 Å². The first-order valence-electron chi connectivity index (χ1n) is 12.7. The van der Waals surface area contributed by atoms with E-state index >= 15 is 0 Å². The van der Waals surface area contributed by atoms with Crippen molar-refractivity contribution in [3.05, 3.63) is 112 Å². The fourth-order valence-electron chi connectivity index (χ4n) is 4.79. The first-order chi connectivity index (χ1) is 18.9. The molecule has 1 N–H and O–H groups in total. The molecule has 0 aromatic heterocycles. The lowest BCUT2D eigenvalue weighted by molar-refractivity contribution is -0.139. The number of aryl methyl sites for hydroxylation is 1. The Morgan fingerprint density at radius 3 is 2.44 bits per heavy atom. The van der Waals surface area contributed by atoms with Gasteiger partial charge in [-0.05, 0) is 78.4 Å². The largest absolute Gasteiger partial charge is 0.493 e. The number of carbonyl (C=O) groups is 2. The maximum absolute atomic E-state index is 12.9. The van der Waals surface area contributed by atoms with E-state index in [9.17, 15) is 14.7 Å². The third-order valence-corrected chi connectivity index (χ3v) is 7.38. The van der Waals surface area contributed by atoms with Crippen LogP contribution in [0.25, 0.3) is 11.1 Å². The summed E-state index contributed by atoms with van der Waals surface area (Å²) >= 11 is 12.4. The molecule has 0 spiro atoms. The van der Waals surface area contributed by atoms with Gasteiger partial charge in [0, 0.05) is 28.6 Å². The van der Waals surface area contributed by atoms with Gasteiger partial charge in [-0.15, -0.1) is 0 Å². The number of benzene rings is 4. The Morgan fingerprint density at radius 2 is 1.69 bits per heavy atom. The number of carbonyl (C=O) groups excluding carboxylic acids is 1. The van der Waals surface area contributed by atoms with Crippen LogP contribution in [-0.4, -0.2) is 23.5 Å². The summed E-state index contributed by atoms with van der Waals surface area (Å²) in [6, 6.07) is 26.1. The molecule has 0 saturated carbocycles. The number of ether oxygens (including phenoxy) is 2. The lowest BCUT2D eigenvalue weighted by Crippen LogP contribution is -2.20. The highest BCUT2D eigenvalue weighted by molar-refractivity contribution is 6.32. The Morgan fingerprint density at radius 1 is 0.949 bits per heavy atom. The average Bonchev–Trinajstić information content (AvgIpc) is 2.94. The molecule has 4 aromatic carbocycles. The topological polar surface area (TPSA) is 72.8 Å². The molecule has 0 aliphatic carbocycles. The minimum Gasteiger partial charge on any atom is -0.493 e. The highest BCUT2D eigenvalue weighted by atomic mass is 35.5. The molecule has 1 aliphatic rings. The molecule has 0 fully saturated rings. The standard InChI is InChI=1S/C32H26Cl2O5/c33-23-12-8-21(9-13-23)25-6-2-1-4-20(25)5-3-7-29(35)22-10-14-24(15-11-22)39-31-19-30-27(18-28(31)34)26(32(36)37)16-17-38-30/h1-2,4,6,8-15,18-19,26H,3,5,7,16-17H2,(H,36,37). The van der Waals surface area contributed by atoms with E-state index in [2.05, 4.69) is 12.1 Å². The minimum atomic E-state index is -0.907. The Hall–Kier alpha value is -3.80. The molecule has 4 aromatic rings. The van der Waals surface area contributed by atoms with Crippen molar-refractivity contribution in [2.45, 2.75) is 31.6 Å². The van der Waals surface area contributed by atoms with Crippen LogP contribution in [-0.2, 0) is 11.2 Å². The van der Waals surface area contributed by atoms with Gasteiger partial charge in [0.05, 0.1) is 17.5 Å². The van der Waals surface area contributed by atoms with Gasteiger partial charge >= 0.3 is 5.97 Å². The number of hydrogen-bond acceptors (Lipinski definition) is 4. The van der Waals surface area contributed by atoms with Crippen LogP contribution < -0.4 is 9.47 Å². The number of ketones is 1. The molecule has 1 heterocycles. The van der Waals surface area contributed by atoms with E-state index in [-0.39, 0.29) is 5.78 Å². The van der Waals surface area contributed by atoms with Crippen LogP contribution in [0.15, 0.2) is 84.9 Å². The van der Waals surface area contributed by atoms with Crippen LogP contribution in [0.3, 0.4) is 0 Å². The molecular formula is C32H26Cl2O5. The Labute approximate surface area is 236 Å². The van der Waals surface area contributed by atoms with E-state index in [0.29, 0.717) is 57.9 Å². The Bertz CT molecular complexity index is 1500. The van der Waals surface area contributed by atoms with Gasteiger partial charge in [-0.25, -0.2) is 0 Å². The molecule has 39 heavy (non-hydrogen) atoms. The maximum Gasteiger partial charge on any atom is 0.311 e. The van der Waals surface area contributed by atoms with Crippen LogP contribution in [0, 0.1) is 0 Å². The van der Waals surface area contributed by atoms with E-state index in [0.717, 1.165) is 24.0 Å². The lowest BCUT2D eigenvalue weighted by Gasteiger charge is -2.24. The normalized spacial score (nSPS) is 14.3. The number of halogens is 2. The molecule has 0 bridgehead atoms. The van der Waals surface area contributed by atoms with Gasteiger partial charge in [0.15, 0.2) is 5.78 Å². The van der Waals surface area contributed by atoms with E-state index in [4.69, 9.17) is 32.7 Å². The quantitative estimate of drug-likeness (QED) is 0.207. The molecular weight excluding hydrogens is 535 g/mol. The predicted molar refractivity (Wildman–Crippen MR) is 153 cm³/mol. The molecule has 5 rings (SSSR count). The molecule has 0 radical (unpaired) electrons. The SMILES string of the molecule is O=C(CCCc1ccccc1-c1ccc(Cl)cc1)c1ccc(Oc2cc3c(cc2Cl)C(C(=O)O)CCO3)cc1. The molecule has 0 amide bonds. The number of fused-ring (bicyclic) bond motifs is 1. The Balaban J connectivity index is 1.20. The van der Waals surface area contributed by atoms with Crippen LogP contribution in [0.2, 0.25) is 10.0 Å². The molecule has 0 saturated heterocycles. The van der Waals surface area contributed by atoms with Gasteiger partial charge < -0.3 is 14.6 Å². The molecule has 7 heteroatoms. The molecule has 1 aliphatic heterocycles. The Kier molecular flexibility index (Phi) is 8.20. The third-order valence-electron chi connectivity index (χ3n) is 6.83. The summed E-state index contributed by atoms with van der Waals surface area (Å²) in [5.41, 5.74) is 4.59. The maximum atomic E-state index is 12.9. The zero-order valence-electron chi connectivity index (χ0n) is 21.0. The molecule has 1 atom stereocenters. The van der Waals surface area contributed by atoms with Crippen molar-refractivity contribution >= 4 is 35.0 Å². The molecule has 5 nitrogen and oxygen atoms in total. The van der Waals surface area contributed by atoms with Gasteiger partial charge in [-0.1, -0.05) is 59.6 Å². The summed E-state index contributed by atoms with van der Waals surface area (Å²) in [6.07, 6.45) is 2.33. The van der Waals surface area contributed by atoms with Crippen LogP contribution in [0.4, 0.5) is 0 Å². The van der Waals surface area contributed by atoms with Crippen LogP contribution in [0.1, 0.15) is 46.7 Å². The number of carboxylic acids is 1. The second-order valence-corrected chi connectivity index (χ2v) is 10.3. The lowest BCUT2D eigenvalue weighted by atomic mass is 9.93. The molecule has 198 valence electrons.